The van der Waals surface area contributed by atoms with Crippen molar-refractivity contribution in [2.24, 2.45) is 0 Å². The molecule has 190 valence electrons. The van der Waals surface area contributed by atoms with Crippen LogP contribution in [-0.2, 0) is 35.2 Å². The van der Waals surface area contributed by atoms with Crippen LogP contribution in [0.5, 0.6) is 5.75 Å². The molecule has 4 rings (SSSR count). The molecular formula is C27H38N4O4. The van der Waals surface area contributed by atoms with Crippen molar-refractivity contribution >= 4 is 11.9 Å². The number of hydrogen-bond acceptors (Lipinski definition) is 7. The topological polar surface area (TPSA) is 85.8 Å². The Bertz CT molecular complexity index is 1060. The molecule has 2 aliphatic rings. The van der Waals surface area contributed by atoms with Crippen molar-refractivity contribution in [3.05, 3.63) is 34.6 Å². The number of anilines is 1. The summed E-state index contributed by atoms with van der Waals surface area (Å²) in [6.07, 6.45) is 5.64. The zero-order chi connectivity index (χ0) is 24.9. The van der Waals surface area contributed by atoms with Gasteiger partial charge in [-0.05, 0) is 68.7 Å². The van der Waals surface area contributed by atoms with Gasteiger partial charge < -0.3 is 24.4 Å². The van der Waals surface area contributed by atoms with E-state index >= 15 is 0 Å². The predicted octanol–water partition coefficient (Wildman–Crippen LogP) is 4.42. The molecule has 0 spiro atoms. The van der Waals surface area contributed by atoms with Gasteiger partial charge in [0.15, 0.2) is 0 Å². The lowest BCUT2D eigenvalue weighted by atomic mass is 9.89. The number of amides is 1. The lowest BCUT2D eigenvalue weighted by Crippen LogP contribution is -2.35. The van der Waals surface area contributed by atoms with Crippen molar-refractivity contribution in [3.63, 3.8) is 0 Å². The SMILES string of the molecule is CCOC1CN(C(=O)OC)CC1Nc1nc(CC)c(-c2cc3c(cc2OC)CCCC3)nc1CC. The molecule has 8 heteroatoms. The Kier molecular flexibility index (Phi) is 8.11. The summed E-state index contributed by atoms with van der Waals surface area (Å²) in [5, 5.41) is 3.56. The van der Waals surface area contributed by atoms with Crippen LogP contribution in [-0.4, -0.2) is 67.0 Å². The molecule has 0 radical (unpaired) electrons. The molecule has 0 bridgehead atoms. The summed E-state index contributed by atoms with van der Waals surface area (Å²) in [5.74, 6) is 1.62. The van der Waals surface area contributed by atoms with Crippen LogP contribution in [0, 0.1) is 0 Å². The molecule has 2 unspecified atom stereocenters. The van der Waals surface area contributed by atoms with Crippen LogP contribution in [0.15, 0.2) is 12.1 Å². The molecule has 2 aromatic rings. The van der Waals surface area contributed by atoms with Crippen molar-refractivity contribution in [2.75, 3.05) is 39.2 Å². The van der Waals surface area contributed by atoms with E-state index in [1.54, 1.807) is 12.0 Å². The molecule has 1 saturated heterocycles. The van der Waals surface area contributed by atoms with Gasteiger partial charge in [-0.2, -0.15) is 0 Å². The van der Waals surface area contributed by atoms with Gasteiger partial charge in [-0.25, -0.2) is 14.8 Å². The van der Waals surface area contributed by atoms with Crippen molar-refractivity contribution in [2.45, 2.75) is 71.4 Å². The van der Waals surface area contributed by atoms with E-state index in [2.05, 4.69) is 31.3 Å². The van der Waals surface area contributed by atoms with E-state index in [0.29, 0.717) is 19.7 Å². The number of carbonyl (C=O) groups excluding carboxylic acids is 1. The molecule has 1 aromatic carbocycles. The van der Waals surface area contributed by atoms with Gasteiger partial charge in [0.05, 0.1) is 50.0 Å². The molecule has 1 fully saturated rings. The molecule has 35 heavy (non-hydrogen) atoms. The van der Waals surface area contributed by atoms with Crippen LogP contribution in [0.1, 0.15) is 56.1 Å². The zero-order valence-electron chi connectivity index (χ0n) is 21.6. The van der Waals surface area contributed by atoms with Gasteiger partial charge in [0.25, 0.3) is 0 Å². The Morgan fingerprint density at radius 3 is 2.37 bits per heavy atom. The van der Waals surface area contributed by atoms with Gasteiger partial charge in [-0.3, -0.25) is 0 Å². The van der Waals surface area contributed by atoms with Crippen molar-refractivity contribution in [3.8, 4) is 17.0 Å². The van der Waals surface area contributed by atoms with Gasteiger partial charge >= 0.3 is 6.09 Å². The number of carbonyl (C=O) groups is 1. The molecule has 1 N–H and O–H groups in total. The van der Waals surface area contributed by atoms with Crippen LogP contribution in [0.3, 0.4) is 0 Å². The van der Waals surface area contributed by atoms with Crippen molar-refractivity contribution in [1.82, 2.24) is 14.9 Å². The molecule has 2 heterocycles. The fourth-order valence-corrected chi connectivity index (χ4v) is 5.20. The first kappa shape index (κ1) is 25.2. The quantitative estimate of drug-likeness (QED) is 0.596. The summed E-state index contributed by atoms with van der Waals surface area (Å²) in [6.45, 7) is 7.70. The summed E-state index contributed by atoms with van der Waals surface area (Å²) < 4.78 is 16.7. The van der Waals surface area contributed by atoms with Gasteiger partial charge in [0.2, 0.25) is 0 Å². The summed E-state index contributed by atoms with van der Waals surface area (Å²) >= 11 is 0. The van der Waals surface area contributed by atoms with Gasteiger partial charge in [-0.1, -0.05) is 13.8 Å². The van der Waals surface area contributed by atoms with Crippen molar-refractivity contribution in [1.29, 1.82) is 0 Å². The Morgan fingerprint density at radius 1 is 1.03 bits per heavy atom. The highest BCUT2D eigenvalue weighted by atomic mass is 16.5. The molecule has 1 amide bonds. The second kappa shape index (κ2) is 11.2. The number of hydrogen-bond donors (Lipinski definition) is 1. The number of fused-ring (bicyclic) bond motifs is 1. The number of rotatable bonds is 8. The Morgan fingerprint density at radius 2 is 1.74 bits per heavy atom. The number of likely N-dealkylation sites (tertiary alicyclic amines) is 1. The first-order valence-electron chi connectivity index (χ1n) is 12.8. The van der Waals surface area contributed by atoms with Gasteiger partial charge in [0, 0.05) is 18.7 Å². The Labute approximate surface area is 208 Å². The normalized spacial score (nSPS) is 19.4. The summed E-state index contributed by atoms with van der Waals surface area (Å²) in [6, 6.07) is 4.36. The highest BCUT2D eigenvalue weighted by Gasteiger charge is 2.37. The third-order valence-electron chi connectivity index (χ3n) is 7.03. The number of methoxy groups -OCH3 is 2. The summed E-state index contributed by atoms with van der Waals surface area (Å²) in [7, 11) is 3.13. The predicted molar refractivity (Wildman–Crippen MR) is 136 cm³/mol. The molecule has 1 aliphatic carbocycles. The third kappa shape index (κ3) is 5.22. The first-order chi connectivity index (χ1) is 17.0. The number of nitrogens with one attached hydrogen (secondary N) is 1. The second-order valence-electron chi connectivity index (χ2n) is 9.17. The number of nitrogens with zero attached hydrogens (tertiary/aromatic N) is 3. The maximum absolute atomic E-state index is 12.1. The van der Waals surface area contributed by atoms with E-state index in [4.69, 9.17) is 24.2 Å². The number of aromatic nitrogens is 2. The minimum Gasteiger partial charge on any atom is -0.496 e. The molecule has 0 saturated carbocycles. The second-order valence-corrected chi connectivity index (χ2v) is 9.17. The van der Waals surface area contributed by atoms with Crippen LogP contribution >= 0.6 is 0 Å². The lowest BCUT2D eigenvalue weighted by Gasteiger charge is -2.23. The molecule has 8 nitrogen and oxygen atoms in total. The monoisotopic (exact) mass is 482 g/mol. The maximum atomic E-state index is 12.1. The highest BCUT2D eigenvalue weighted by molar-refractivity contribution is 5.72. The summed E-state index contributed by atoms with van der Waals surface area (Å²) in [4.78, 5) is 24.0. The average Bonchev–Trinajstić information content (AvgIpc) is 3.29. The molecule has 2 atom stereocenters. The van der Waals surface area contributed by atoms with Crippen molar-refractivity contribution < 1.29 is 19.0 Å². The minimum atomic E-state index is -0.343. The number of benzene rings is 1. The third-order valence-corrected chi connectivity index (χ3v) is 7.03. The Hall–Kier alpha value is -2.87. The number of ether oxygens (including phenoxy) is 3. The average molecular weight is 483 g/mol. The standard InChI is InChI=1S/C27H38N4O4/c1-6-20-25(19-13-17-11-9-10-12-18(17)14-23(19)33-4)28-21(7-2)26(29-20)30-22-15-31(27(32)34-5)16-24(22)35-8-3/h13-14,22,24H,6-12,15-16H2,1-5H3,(H,29,30). The van der Waals surface area contributed by atoms with E-state index in [9.17, 15) is 4.79 Å². The molecular weight excluding hydrogens is 444 g/mol. The van der Waals surface area contributed by atoms with Crippen LogP contribution in [0.25, 0.3) is 11.3 Å². The van der Waals surface area contributed by atoms with E-state index in [1.165, 1.54) is 31.1 Å². The fourth-order valence-electron chi connectivity index (χ4n) is 5.20. The lowest BCUT2D eigenvalue weighted by molar-refractivity contribution is 0.0613. The van der Waals surface area contributed by atoms with E-state index in [0.717, 1.165) is 59.9 Å². The zero-order valence-corrected chi connectivity index (χ0v) is 21.6. The van der Waals surface area contributed by atoms with Crippen LogP contribution in [0.2, 0.25) is 0 Å². The number of aryl methyl sites for hydroxylation is 4. The van der Waals surface area contributed by atoms with Crippen LogP contribution < -0.4 is 10.1 Å². The van der Waals surface area contributed by atoms with Crippen LogP contribution in [0.4, 0.5) is 10.6 Å². The van der Waals surface area contributed by atoms with E-state index in [-0.39, 0.29) is 18.2 Å². The fraction of sp³-hybridized carbons (Fsp3) is 0.593. The van der Waals surface area contributed by atoms with E-state index < -0.39 is 0 Å². The largest absolute Gasteiger partial charge is 0.496 e. The molecule has 1 aromatic heterocycles. The maximum Gasteiger partial charge on any atom is 0.409 e. The first-order valence-corrected chi connectivity index (χ1v) is 12.8. The minimum absolute atomic E-state index is 0.0949. The molecule has 1 aliphatic heterocycles. The smallest absolute Gasteiger partial charge is 0.409 e. The highest BCUT2D eigenvalue weighted by Crippen LogP contribution is 2.37. The van der Waals surface area contributed by atoms with Gasteiger partial charge in [0.1, 0.15) is 11.6 Å². The van der Waals surface area contributed by atoms with E-state index in [1.807, 2.05) is 6.92 Å². The van der Waals surface area contributed by atoms with Gasteiger partial charge in [-0.15, -0.1) is 0 Å². The Balaban J connectivity index is 1.70. The summed E-state index contributed by atoms with van der Waals surface area (Å²) in [5.41, 5.74) is 6.51.